The lowest BCUT2D eigenvalue weighted by molar-refractivity contribution is -0.126. The van der Waals surface area contributed by atoms with Crippen molar-refractivity contribution in [3.63, 3.8) is 0 Å². The summed E-state index contributed by atoms with van der Waals surface area (Å²) in [5.74, 6) is 0. The van der Waals surface area contributed by atoms with E-state index in [-0.39, 0.29) is 0 Å². The first-order valence-corrected chi connectivity index (χ1v) is 8.15. The molecule has 0 atom stereocenters. The number of nitrogen functional groups attached to an aromatic ring is 1. The lowest BCUT2D eigenvalue weighted by atomic mass is 10.1. The fourth-order valence-electron chi connectivity index (χ4n) is 2.33. The Morgan fingerprint density at radius 2 is 1.84 bits per heavy atom. The van der Waals surface area contributed by atoms with Crippen LogP contribution < -0.4 is 5.73 Å². The summed E-state index contributed by atoms with van der Waals surface area (Å²) < 4.78 is 6.15. The number of ether oxygens (including phenoxy) is 1. The number of allylic oxidation sites excluding steroid dienone is 5. The van der Waals surface area contributed by atoms with Crippen LogP contribution in [0, 0.1) is 0 Å². The fraction of sp³-hybridized carbons (Fsp3) is 0.190. The van der Waals surface area contributed by atoms with Gasteiger partial charge in [-0.25, -0.2) is 0 Å². The van der Waals surface area contributed by atoms with Crippen LogP contribution >= 0.6 is 0 Å². The van der Waals surface area contributed by atoms with Gasteiger partial charge >= 0.3 is 0 Å². The van der Waals surface area contributed by atoms with Crippen molar-refractivity contribution >= 4 is 18.2 Å². The molecule has 0 aliphatic carbocycles. The van der Waals surface area contributed by atoms with Crippen LogP contribution in [0.1, 0.15) is 19.5 Å². The van der Waals surface area contributed by atoms with Crippen LogP contribution in [-0.4, -0.2) is 18.1 Å². The Hall–Kier alpha value is -3.01. The molecule has 0 aliphatic rings. The molecule has 4 nitrogen and oxygen atoms in total. The van der Waals surface area contributed by atoms with E-state index in [1.807, 2.05) is 49.4 Å². The summed E-state index contributed by atoms with van der Waals surface area (Å²) in [4.78, 5) is 8.95. The Morgan fingerprint density at radius 3 is 2.44 bits per heavy atom. The van der Waals surface area contributed by atoms with Gasteiger partial charge in [0.2, 0.25) is 0 Å². The maximum Gasteiger partial charge on any atom is 0.292 e. The molecule has 0 radical (unpaired) electrons. The summed E-state index contributed by atoms with van der Waals surface area (Å²) in [6, 6.07) is 12.3. The smallest absolute Gasteiger partial charge is 0.292 e. The minimum Gasteiger partial charge on any atom is -0.471 e. The quantitative estimate of drug-likeness (QED) is 0.472. The predicted molar refractivity (Wildman–Crippen MR) is 106 cm³/mol. The van der Waals surface area contributed by atoms with E-state index in [9.17, 15) is 0 Å². The summed E-state index contributed by atoms with van der Waals surface area (Å²) >= 11 is 0. The van der Waals surface area contributed by atoms with Crippen LogP contribution in [0.2, 0.25) is 0 Å². The van der Waals surface area contributed by atoms with E-state index in [4.69, 9.17) is 10.5 Å². The maximum atomic E-state index is 8.95. The van der Waals surface area contributed by atoms with Crippen molar-refractivity contribution < 1.29 is 9.53 Å². The third kappa shape index (κ3) is 6.55. The first-order valence-electron chi connectivity index (χ1n) is 8.15. The number of nitrogens with zero attached hydrogens (tertiary/aromatic N) is 1. The van der Waals surface area contributed by atoms with Crippen LogP contribution in [0.15, 0.2) is 66.8 Å². The summed E-state index contributed by atoms with van der Waals surface area (Å²) in [6.07, 6.45) is 12.3. The van der Waals surface area contributed by atoms with Crippen molar-refractivity contribution in [2.24, 2.45) is 0 Å². The molecular weight excluding hydrogens is 312 g/mol. The molecule has 132 valence electrons. The van der Waals surface area contributed by atoms with Crippen LogP contribution in [0.5, 0.6) is 0 Å². The molecule has 0 fully saturated rings. The highest BCUT2D eigenvalue weighted by Gasteiger charge is 2.06. The summed E-state index contributed by atoms with van der Waals surface area (Å²) in [7, 11) is 1.31. The highest BCUT2D eigenvalue weighted by Crippen LogP contribution is 2.25. The molecule has 0 amide bonds. The number of hydrogen-bond acceptors (Lipinski definition) is 3. The topological polar surface area (TPSA) is 57.2 Å². The van der Waals surface area contributed by atoms with Crippen molar-refractivity contribution in [1.82, 2.24) is 4.57 Å². The molecule has 1 heterocycles. The normalized spacial score (nSPS) is 11.0. The van der Waals surface area contributed by atoms with Gasteiger partial charge in [-0.05, 0) is 44.2 Å². The highest BCUT2D eigenvalue weighted by molar-refractivity contribution is 5.67. The summed E-state index contributed by atoms with van der Waals surface area (Å²) in [5, 5.41) is 0. The Morgan fingerprint density at radius 1 is 1.12 bits per heavy atom. The van der Waals surface area contributed by atoms with Crippen molar-refractivity contribution in [3.05, 3.63) is 72.5 Å². The van der Waals surface area contributed by atoms with Crippen LogP contribution in [0.3, 0.4) is 0 Å². The first-order chi connectivity index (χ1) is 12.2. The second-order valence-corrected chi connectivity index (χ2v) is 5.11. The summed E-state index contributed by atoms with van der Waals surface area (Å²) in [6.45, 7) is 5.46. The van der Waals surface area contributed by atoms with Crippen molar-refractivity contribution in [3.8, 4) is 11.3 Å². The number of carbonyl (C=O) groups is 1. The Kier molecular flexibility index (Phi) is 9.23. The minimum atomic E-state index is 0.375. The fourth-order valence-corrected chi connectivity index (χ4v) is 2.33. The minimum absolute atomic E-state index is 0.375. The second-order valence-electron chi connectivity index (χ2n) is 5.11. The molecule has 25 heavy (non-hydrogen) atoms. The lowest BCUT2D eigenvalue weighted by Gasteiger charge is -2.09. The zero-order chi connectivity index (χ0) is 18.5. The van der Waals surface area contributed by atoms with E-state index >= 15 is 0 Å². The van der Waals surface area contributed by atoms with E-state index in [0.717, 1.165) is 17.8 Å². The van der Waals surface area contributed by atoms with E-state index < -0.39 is 0 Å². The predicted octanol–water partition coefficient (Wildman–Crippen LogP) is 4.69. The van der Waals surface area contributed by atoms with Gasteiger partial charge in [-0.15, -0.1) is 0 Å². The molecule has 0 unspecified atom stereocenters. The van der Waals surface area contributed by atoms with Gasteiger partial charge in [0.15, 0.2) is 0 Å². The Bertz CT molecular complexity index is 740. The van der Waals surface area contributed by atoms with Gasteiger partial charge in [0.1, 0.15) is 0 Å². The molecular formula is C21H26N2O2. The molecule has 0 aliphatic heterocycles. The van der Waals surface area contributed by atoms with Gasteiger partial charge in [-0.3, -0.25) is 4.79 Å². The largest absolute Gasteiger partial charge is 0.471 e. The SMILES string of the molecule is COC=O.C\C=C/C=C\C=C\c1ccc(-c2cccc(N)c2)n1CC. The van der Waals surface area contributed by atoms with Crippen molar-refractivity contribution in [1.29, 1.82) is 0 Å². The average molecular weight is 338 g/mol. The molecule has 0 saturated carbocycles. The van der Waals surface area contributed by atoms with E-state index in [2.05, 4.69) is 46.6 Å². The maximum absolute atomic E-state index is 8.95. The molecule has 0 saturated heterocycles. The lowest BCUT2D eigenvalue weighted by Crippen LogP contribution is -1.99. The number of aromatic nitrogens is 1. The molecule has 2 aromatic rings. The molecule has 1 aromatic heterocycles. The molecule has 2 rings (SSSR count). The van der Waals surface area contributed by atoms with Crippen molar-refractivity contribution in [2.75, 3.05) is 12.8 Å². The van der Waals surface area contributed by atoms with E-state index in [0.29, 0.717) is 6.47 Å². The molecule has 0 spiro atoms. The number of benzene rings is 1. The monoisotopic (exact) mass is 338 g/mol. The molecule has 0 bridgehead atoms. The zero-order valence-corrected chi connectivity index (χ0v) is 15.1. The van der Waals surface area contributed by atoms with Crippen LogP contribution in [-0.2, 0) is 16.1 Å². The number of carbonyl (C=O) groups excluding carboxylic acids is 1. The average Bonchev–Trinajstić information content (AvgIpc) is 3.04. The number of rotatable bonds is 6. The standard InChI is InChI=1S/C19H22N2.C2H4O2/c1-3-5-6-7-8-12-18-13-14-19(21(18)4-2)16-10-9-11-17(20)15-16;1-4-2-3/h3,5-15H,4,20H2,1-2H3;2H,1H3/b5-3-,7-6-,12-8+;. The van der Waals surface area contributed by atoms with Crippen LogP contribution in [0.4, 0.5) is 5.69 Å². The van der Waals surface area contributed by atoms with Gasteiger partial charge in [0.05, 0.1) is 7.11 Å². The van der Waals surface area contributed by atoms with Gasteiger partial charge in [-0.2, -0.15) is 0 Å². The van der Waals surface area contributed by atoms with Gasteiger partial charge < -0.3 is 15.0 Å². The number of methoxy groups -OCH3 is 1. The zero-order valence-electron chi connectivity index (χ0n) is 15.1. The first kappa shape index (κ1) is 20.0. The third-order valence-electron chi connectivity index (χ3n) is 3.40. The summed E-state index contributed by atoms with van der Waals surface area (Å²) in [5.41, 5.74) is 10.2. The van der Waals surface area contributed by atoms with Gasteiger partial charge in [-0.1, -0.05) is 42.5 Å². The van der Waals surface area contributed by atoms with Crippen LogP contribution in [0.25, 0.3) is 17.3 Å². The van der Waals surface area contributed by atoms with Gasteiger partial charge in [0.25, 0.3) is 6.47 Å². The third-order valence-corrected chi connectivity index (χ3v) is 3.40. The van der Waals surface area contributed by atoms with Crippen molar-refractivity contribution in [2.45, 2.75) is 20.4 Å². The number of hydrogen-bond donors (Lipinski definition) is 1. The Labute approximate surface area is 149 Å². The Balaban J connectivity index is 0.000000705. The van der Waals surface area contributed by atoms with Gasteiger partial charge in [0, 0.05) is 29.2 Å². The molecule has 1 aromatic carbocycles. The van der Waals surface area contributed by atoms with E-state index in [1.165, 1.54) is 18.5 Å². The number of anilines is 1. The number of nitrogens with two attached hydrogens (primary N) is 1. The molecule has 4 heteroatoms. The van der Waals surface area contributed by atoms with E-state index in [1.54, 1.807) is 0 Å². The highest BCUT2D eigenvalue weighted by atomic mass is 16.5. The second kappa shape index (κ2) is 11.5. The molecule has 2 N–H and O–H groups in total.